The molecule has 25 heavy (non-hydrogen) atoms. The van der Waals surface area contributed by atoms with Crippen LogP contribution in [-0.2, 0) is 11.3 Å². The molecule has 0 atom stereocenters. The van der Waals surface area contributed by atoms with E-state index in [1.807, 2.05) is 30.3 Å². The van der Waals surface area contributed by atoms with Crippen molar-refractivity contribution < 1.29 is 9.53 Å². The van der Waals surface area contributed by atoms with E-state index >= 15 is 0 Å². The standard InChI is InChI=1S/C17H23N5O3/c1-25-12-10-19-16(23)18-9-11-21-17(24)22(14-5-3-2-4-6-14)15(20-21)13-7-8-13/h2-6,13H,7-12H2,1H3,(H2,18,19,23). The highest BCUT2D eigenvalue weighted by molar-refractivity contribution is 5.73. The van der Waals surface area contributed by atoms with Gasteiger partial charge in [0.05, 0.1) is 18.8 Å². The molecule has 134 valence electrons. The van der Waals surface area contributed by atoms with Gasteiger partial charge in [-0.2, -0.15) is 5.10 Å². The molecule has 0 radical (unpaired) electrons. The molecule has 1 heterocycles. The maximum absolute atomic E-state index is 12.7. The van der Waals surface area contributed by atoms with E-state index < -0.39 is 0 Å². The third kappa shape index (κ3) is 4.27. The summed E-state index contributed by atoms with van der Waals surface area (Å²) in [5.74, 6) is 1.15. The van der Waals surface area contributed by atoms with Gasteiger partial charge in [0.2, 0.25) is 0 Å². The first-order valence-corrected chi connectivity index (χ1v) is 8.46. The number of carbonyl (C=O) groups excluding carboxylic acids is 1. The van der Waals surface area contributed by atoms with Crippen molar-refractivity contribution in [2.75, 3.05) is 26.8 Å². The second-order valence-electron chi connectivity index (χ2n) is 5.98. The van der Waals surface area contributed by atoms with E-state index in [4.69, 9.17) is 4.74 Å². The number of methoxy groups -OCH3 is 1. The minimum atomic E-state index is -0.282. The number of nitrogens with one attached hydrogen (secondary N) is 2. The molecule has 0 aliphatic heterocycles. The van der Waals surface area contributed by atoms with Crippen LogP contribution in [0.2, 0.25) is 0 Å². The van der Waals surface area contributed by atoms with Gasteiger partial charge in [0.15, 0.2) is 0 Å². The largest absolute Gasteiger partial charge is 0.383 e. The highest BCUT2D eigenvalue weighted by Gasteiger charge is 2.31. The lowest BCUT2D eigenvalue weighted by molar-refractivity contribution is 0.196. The van der Waals surface area contributed by atoms with E-state index in [1.54, 1.807) is 11.7 Å². The number of para-hydroxylation sites is 1. The molecule has 2 amide bonds. The first-order chi connectivity index (χ1) is 12.2. The Kier molecular flexibility index (Phi) is 5.49. The maximum Gasteiger partial charge on any atom is 0.350 e. The fraction of sp³-hybridized carbons (Fsp3) is 0.471. The van der Waals surface area contributed by atoms with Crippen LogP contribution in [0.15, 0.2) is 35.1 Å². The van der Waals surface area contributed by atoms with Crippen molar-refractivity contribution in [3.05, 3.63) is 46.6 Å². The molecular weight excluding hydrogens is 322 g/mol. The minimum absolute atomic E-state index is 0.172. The van der Waals surface area contributed by atoms with Gasteiger partial charge >= 0.3 is 11.7 Å². The molecule has 1 fully saturated rings. The second-order valence-corrected chi connectivity index (χ2v) is 5.98. The molecule has 0 bridgehead atoms. The molecule has 0 unspecified atom stereocenters. The van der Waals surface area contributed by atoms with Crippen LogP contribution >= 0.6 is 0 Å². The zero-order valence-electron chi connectivity index (χ0n) is 14.3. The van der Waals surface area contributed by atoms with Crippen LogP contribution in [0.3, 0.4) is 0 Å². The number of carbonyl (C=O) groups is 1. The minimum Gasteiger partial charge on any atom is -0.383 e. The topological polar surface area (TPSA) is 90.2 Å². The summed E-state index contributed by atoms with van der Waals surface area (Å²) in [6, 6.07) is 9.25. The summed E-state index contributed by atoms with van der Waals surface area (Å²) in [5, 5.41) is 9.88. The average Bonchev–Trinajstić information content (AvgIpc) is 3.41. The summed E-state index contributed by atoms with van der Waals surface area (Å²) in [5.41, 5.74) is 0.653. The van der Waals surface area contributed by atoms with E-state index in [0.717, 1.165) is 24.4 Å². The third-order valence-corrected chi connectivity index (χ3v) is 4.02. The van der Waals surface area contributed by atoms with Gasteiger partial charge in [-0.3, -0.25) is 0 Å². The van der Waals surface area contributed by atoms with Gasteiger partial charge in [-0.25, -0.2) is 18.8 Å². The van der Waals surface area contributed by atoms with Crippen molar-refractivity contribution >= 4 is 6.03 Å². The number of aromatic nitrogens is 3. The Labute approximate surface area is 145 Å². The van der Waals surface area contributed by atoms with Gasteiger partial charge in [-0.05, 0) is 25.0 Å². The van der Waals surface area contributed by atoms with Gasteiger partial charge in [-0.15, -0.1) is 0 Å². The molecule has 1 aromatic heterocycles. The van der Waals surface area contributed by atoms with Crippen molar-refractivity contribution in [3.63, 3.8) is 0 Å². The van der Waals surface area contributed by atoms with Crippen molar-refractivity contribution in [1.29, 1.82) is 0 Å². The first-order valence-electron chi connectivity index (χ1n) is 8.46. The Balaban J connectivity index is 1.67. The van der Waals surface area contributed by atoms with Gasteiger partial charge in [0, 0.05) is 26.1 Å². The highest BCUT2D eigenvalue weighted by Crippen LogP contribution is 2.39. The lowest BCUT2D eigenvalue weighted by Crippen LogP contribution is -2.39. The summed E-state index contributed by atoms with van der Waals surface area (Å²) < 4.78 is 7.97. The van der Waals surface area contributed by atoms with Gasteiger partial charge in [0.25, 0.3) is 0 Å². The monoisotopic (exact) mass is 345 g/mol. The zero-order chi connectivity index (χ0) is 17.6. The normalized spacial score (nSPS) is 13.6. The van der Waals surface area contributed by atoms with E-state index in [1.165, 1.54) is 4.68 Å². The van der Waals surface area contributed by atoms with Crippen LogP contribution in [0.25, 0.3) is 5.69 Å². The molecule has 0 saturated heterocycles. The van der Waals surface area contributed by atoms with E-state index in [2.05, 4.69) is 15.7 Å². The van der Waals surface area contributed by atoms with Crippen LogP contribution in [0.1, 0.15) is 24.6 Å². The number of rotatable bonds is 8. The van der Waals surface area contributed by atoms with Crippen LogP contribution in [-0.4, -0.2) is 47.2 Å². The van der Waals surface area contributed by atoms with Crippen molar-refractivity contribution in [1.82, 2.24) is 25.0 Å². The molecule has 8 nitrogen and oxygen atoms in total. The van der Waals surface area contributed by atoms with Crippen molar-refractivity contribution in [2.24, 2.45) is 0 Å². The summed E-state index contributed by atoms with van der Waals surface area (Å²) in [6.45, 7) is 1.56. The Morgan fingerprint density at radius 1 is 1.24 bits per heavy atom. The molecule has 2 N–H and O–H groups in total. The summed E-state index contributed by atoms with van der Waals surface area (Å²) >= 11 is 0. The molecule has 1 saturated carbocycles. The van der Waals surface area contributed by atoms with Gasteiger partial charge in [0.1, 0.15) is 5.82 Å². The fourth-order valence-electron chi connectivity index (χ4n) is 2.60. The third-order valence-electron chi connectivity index (χ3n) is 4.02. The lowest BCUT2D eigenvalue weighted by Gasteiger charge is -2.06. The van der Waals surface area contributed by atoms with Crippen LogP contribution in [0.4, 0.5) is 4.79 Å². The lowest BCUT2D eigenvalue weighted by atomic mass is 10.3. The summed E-state index contributed by atoms with van der Waals surface area (Å²) in [6.07, 6.45) is 2.12. The SMILES string of the molecule is COCCNC(=O)NCCn1nc(C2CC2)n(-c2ccccc2)c1=O. The number of hydrogen-bond acceptors (Lipinski definition) is 4. The average molecular weight is 345 g/mol. The number of benzene rings is 1. The van der Waals surface area contributed by atoms with Crippen LogP contribution < -0.4 is 16.3 Å². The molecule has 1 aliphatic rings. The fourth-order valence-corrected chi connectivity index (χ4v) is 2.60. The number of nitrogens with zero attached hydrogens (tertiary/aromatic N) is 3. The molecule has 1 aromatic carbocycles. The summed E-state index contributed by atoms with van der Waals surface area (Å²) in [7, 11) is 1.58. The Morgan fingerprint density at radius 3 is 2.64 bits per heavy atom. The summed E-state index contributed by atoms with van der Waals surface area (Å²) in [4.78, 5) is 24.3. The Morgan fingerprint density at radius 2 is 1.96 bits per heavy atom. The quantitative estimate of drug-likeness (QED) is 0.694. The van der Waals surface area contributed by atoms with Crippen molar-refractivity contribution in [3.8, 4) is 5.69 Å². The number of ether oxygens (including phenoxy) is 1. The molecule has 0 spiro atoms. The predicted octanol–water partition coefficient (Wildman–Crippen LogP) is 0.857. The van der Waals surface area contributed by atoms with Crippen LogP contribution in [0, 0.1) is 0 Å². The van der Waals surface area contributed by atoms with Crippen LogP contribution in [0.5, 0.6) is 0 Å². The molecule has 2 aromatic rings. The predicted molar refractivity (Wildman–Crippen MR) is 93.1 cm³/mol. The zero-order valence-corrected chi connectivity index (χ0v) is 14.3. The molecule has 8 heteroatoms. The maximum atomic E-state index is 12.7. The molecular formula is C17H23N5O3. The number of hydrogen-bond donors (Lipinski definition) is 2. The highest BCUT2D eigenvalue weighted by atomic mass is 16.5. The Bertz CT molecular complexity index is 764. The number of amides is 2. The first kappa shape index (κ1) is 17.2. The molecule has 3 rings (SSSR count). The van der Waals surface area contributed by atoms with Gasteiger partial charge < -0.3 is 15.4 Å². The molecule has 1 aliphatic carbocycles. The smallest absolute Gasteiger partial charge is 0.350 e. The second kappa shape index (κ2) is 7.98. The van der Waals surface area contributed by atoms with E-state index in [0.29, 0.717) is 32.2 Å². The van der Waals surface area contributed by atoms with Crippen molar-refractivity contribution in [2.45, 2.75) is 25.3 Å². The van der Waals surface area contributed by atoms with E-state index in [9.17, 15) is 9.59 Å². The van der Waals surface area contributed by atoms with Gasteiger partial charge in [-0.1, -0.05) is 18.2 Å². The van der Waals surface area contributed by atoms with E-state index in [-0.39, 0.29) is 11.7 Å². The Hall–Kier alpha value is -2.61. The number of urea groups is 1.